The highest BCUT2D eigenvalue weighted by Crippen LogP contribution is 2.23. The van der Waals surface area contributed by atoms with Crippen LogP contribution in [0.25, 0.3) is 0 Å². The van der Waals surface area contributed by atoms with Crippen molar-refractivity contribution >= 4 is 23.6 Å². The number of aromatic hydroxyl groups is 1. The summed E-state index contributed by atoms with van der Waals surface area (Å²) in [5.74, 6) is -1.63. The van der Waals surface area contributed by atoms with Crippen molar-refractivity contribution in [1.82, 2.24) is 15.1 Å². The summed E-state index contributed by atoms with van der Waals surface area (Å²) in [7, 11) is 0. The summed E-state index contributed by atoms with van der Waals surface area (Å²) < 4.78 is 0. The highest BCUT2D eigenvalue weighted by atomic mass is 16.3. The maximum atomic E-state index is 12.7. The monoisotopic (exact) mass is 407 g/mol. The number of imide groups is 1. The van der Waals surface area contributed by atoms with Crippen LogP contribution >= 0.6 is 0 Å². The van der Waals surface area contributed by atoms with Crippen LogP contribution in [0.3, 0.4) is 0 Å². The Kier molecular flexibility index (Phi) is 5.22. The minimum Gasteiger partial charge on any atom is -0.507 e. The second-order valence-electron chi connectivity index (χ2n) is 7.39. The van der Waals surface area contributed by atoms with Crippen molar-refractivity contribution in [1.29, 1.82) is 0 Å². The van der Waals surface area contributed by atoms with Crippen molar-refractivity contribution < 1.29 is 24.3 Å². The molecule has 1 fully saturated rings. The lowest BCUT2D eigenvalue weighted by Crippen LogP contribution is -2.49. The number of hydrogen-bond donors (Lipinski definition) is 2. The second-order valence-corrected chi connectivity index (χ2v) is 7.39. The molecule has 2 N–H and O–H groups in total. The fourth-order valence-electron chi connectivity index (χ4n) is 3.82. The number of phenolic OH excluding ortho intramolecular Hbond substituents is 1. The third-order valence-electron chi connectivity index (χ3n) is 5.50. The van der Waals surface area contributed by atoms with E-state index in [2.05, 4.69) is 5.32 Å². The minimum absolute atomic E-state index is 0.0800. The van der Waals surface area contributed by atoms with E-state index in [-0.39, 0.29) is 35.7 Å². The van der Waals surface area contributed by atoms with Gasteiger partial charge in [-0.25, -0.2) is 0 Å². The van der Waals surface area contributed by atoms with Crippen LogP contribution in [-0.4, -0.2) is 64.2 Å². The first-order valence-electron chi connectivity index (χ1n) is 9.77. The number of amides is 4. The van der Waals surface area contributed by atoms with Gasteiger partial charge in [-0.1, -0.05) is 24.3 Å². The van der Waals surface area contributed by atoms with Gasteiger partial charge in [0.2, 0.25) is 5.91 Å². The molecule has 0 aliphatic carbocycles. The largest absolute Gasteiger partial charge is 0.507 e. The van der Waals surface area contributed by atoms with E-state index in [0.29, 0.717) is 37.1 Å². The van der Waals surface area contributed by atoms with Crippen LogP contribution in [0.5, 0.6) is 5.75 Å². The molecule has 0 unspecified atom stereocenters. The molecular formula is C22H21N3O5. The van der Waals surface area contributed by atoms with Crippen molar-refractivity contribution in [2.24, 2.45) is 0 Å². The van der Waals surface area contributed by atoms with Gasteiger partial charge in [-0.05, 0) is 37.1 Å². The van der Waals surface area contributed by atoms with Crippen molar-refractivity contribution in [2.75, 3.05) is 19.6 Å². The number of fused-ring (bicyclic) bond motifs is 1. The molecule has 154 valence electrons. The molecule has 0 spiro atoms. The normalized spacial score (nSPS) is 16.5. The van der Waals surface area contributed by atoms with E-state index in [0.717, 1.165) is 4.90 Å². The first-order chi connectivity index (χ1) is 14.5. The van der Waals surface area contributed by atoms with Gasteiger partial charge in [0.05, 0.1) is 16.7 Å². The number of carbonyl (C=O) groups excluding carboxylic acids is 4. The van der Waals surface area contributed by atoms with E-state index in [1.54, 1.807) is 47.4 Å². The lowest BCUT2D eigenvalue weighted by atomic mass is 10.0. The summed E-state index contributed by atoms with van der Waals surface area (Å²) in [6, 6.07) is 12.7. The molecule has 2 aliphatic heterocycles. The zero-order valence-electron chi connectivity index (χ0n) is 16.2. The summed E-state index contributed by atoms with van der Waals surface area (Å²) >= 11 is 0. The van der Waals surface area contributed by atoms with Gasteiger partial charge >= 0.3 is 0 Å². The number of phenols is 1. The molecule has 0 aromatic heterocycles. The van der Waals surface area contributed by atoms with E-state index >= 15 is 0 Å². The maximum absolute atomic E-state index is 12.7. The zero-order valence-corrected chi connectivity index (χ0v) is 16.2. The molecule has 2 aliphatic rings. The molecule has 8 nitrogen and oxygen atoms in total. The number of piperidine rings is 1. The Labute approximate surface area is 173 Å². The van der Waals surface area contributed by atoms with Gasteiger partial charge in [0, 0.05) is 19.1 Å². The highest BCUT2D eigenvalue weighted by molar-refractivity contribution is 6.22. The molecule has 1 saturated heterocycles. The van der Waals surface area contributed by atoms with Crippen molar-refractivity contribution in [2.45, 2.75) is 18.9 Å². The Morgan fingerprint density at radius 3 is 2.10 bits per heavy atom. The summed E-state index contributed by atoms with van der Waals surface area (Å²) in [5, 5.41) is 12.7. The smallest absolute Gasteiger partial charge is 0.262 e. The van der Waals surface area contributed by atoms with E-state index in [1.165, 1.54) is 6.07 Å². The summed E-state index contributed by atoms with van der Waals surface area (Å²) in [5.41, 5.74) is 0.850. The number of para-hydroxylation sites is 1. The number of rotatable bonds is 4. The molecule has 2 heterocycles. The van der Waals surface area contributed by atoms with Crippen LogP contribution < -0.4 is 5.32 Å². The van der Waals surface area contributed by atoms with E-state index in [4.69, 9.17) is 0 Å². The van der Waals surface area contributed by atoms with Gasteiger partial charge in [-0.3, -0.25) is 24.1 Å². The lowest BCUT2D eigenvalue weighted by Gasteiger charge is -2.33. The molecule has 0 bridgehead atoms. The molecule has 2 aromatic rings. The first-order valence-corrected chi connectivity index (χ1v) is 9.77. The zero-order chi connectivity index (χ0) is 21.3. The van der Waals surface area contributed by atoms with Crippen molar-refractivity contribution in [3.8, 4) is 5.75 Å². The number of nitrogens with zero attached hydrogens (tertiary/aromatic N) is 2. The Morgan fingerprint density at radius 1 is 0.933 bits per heavy atom. The molecule has 8 heteroatoms. The van der Waals surface area contributed by atoms with Crippen LogP contribution in [0.2, 0.25) is 0 Å². The molecule has 30 heavy (non-hydrogen) atoms. The number of likely N-dealkylation sites (tertiary alicyclic amines) is 1. The third kappa shape index (κ3) is 3.63. The van der Waals surface area contributed by atoms with Gasteiger partial charge in [0.15, 0.2) is 0 Å². The predicted octanol–water partition coefficient (Wildman–Crippen LogP) is 1.41. The van der Waals surface area contributed by atoms with Crippen LogP contribution in [0.1, 0.15) is 43.9 Å². The van der Waals surface area contributed by atoms with Crippen LogP contribution in [0.4, 0.5) is 0 Å². The molecular weight excluding hydrogens is 386 g/mol. The standard InChI is InChI=1S/C22H21N3O5/c26-18-8-4-3-7-17(18)20(28)23-14-9-11-24(12-10-14)19(27)13-25-21(29)15-5-1-2-6-16(15)22(25)30/h1-8,14,26H,9-13H2,(H,23,28). The maximum Gasteiger partial charge on any atom is 0.262 e. The fraction of sp³-hybridized carbons (Fsp3) is 0.273. The van der Waals surface area contributed by atoms with E-state index < -0.39 is 11.8 Å². The molecule has 2 aromatic carbocycles. The van der Waals surface area contributed by atoms with Gasteiger partial charge in [-0.2, -0.15) is 0 Å². The Hall–Kier alpha value is -3.68. The Balaban J connectivity index is 1.31. The predicted molar refractivity (Wildman–Crippen MR) is 107 cm³/mol. The number of nitrogens with one attached hydrogen (secondary N) is 1. The molecule has 4 rings (SSSR count). The van der Waals surface area contributed by atoms with Gasteiger partial charge in [0.1, 0.15) is 12.3 Å². The molecule has 4 amide bonds. The number of benzene rings is 2. The van der Waals surface area contributed by atoms with Crippen LogP contribution in [0.15, 0.2) is 48.5 Å². The minimum atomic E-state index is -0.450. The van der Waals surface area contributed by atoms with E-state index in [1.807, 2.05) is 0 Å². The summed E-state index contributed by atoms with van der Waals surface area (Å²) in [4.78, 5) is 52.4. The number of carbonyl (C=O) groups is 4. The lowest BCUT2D eigenvalue weighted by molar-refractivity contribution is -0.132. The summed E-state index contributed by atoms with van der Waals surface area (Å²) in [6.07, 6.45) is 1.10. The van der Waals surface area contributed by atoms with Crippen LogP contribution in [0, 0.1) is 0 Å². The second kappa shape index (κ2) is 7.98. The highest BCUT2D eigenvalue weighted by Gasteiger charge is 2.37. The van der Waals surface area contributed by atoms with Gasteiger partial charge in [-0.15, -0.1) is 0 Å². The molecule has 0 saturated carbocycles. The van der Waals surface area contributed by atoms with Crippen LogP contribution in [-0.2, 0) is 4.79 Å². The average Bonchev–Trinajstić information content (AvgIpc) is 2.99. The quantitative estimate of drug-likeness (QED) is 0.746. The molecule has 0 radical (unpaired) electrons. The SMILES string of the molecule is O=C(NC1CCN(C(=O)CN2C(=O)c3ccccc3C2=O)CC1)c1ccccc1O. The van der Waals surface area contributed by atoms with Gasteiger partial charge < -0.3 is 15.3 Å². The Morgan fingerprint density at radius 2 is 1.50 bits per heavy atom. The van der Waals surface area contributed by atoms with Crippen molar-refractivity contribution in [3.63, 3.8) is 0 Å². The third-order valence-corrected chi connectivity index (χ3v) is 5.50. The average molecular weight is 407 g/mol. The fourth-order valence-corrected chi connectivity index (χ4v) is 3.82. The summed E-state index contributed by atoms with van der Waals surface area (Å²) in [6.45, 7) is 0.530. The Bertz CT molecular complexity index is 992. The first kappa shape index (κ1) is 19.6. The topological polar surface area (TPSA) is 107 Å². The van der Waals surface area contributed by atoms with Crippen molar-refractivity contribution in [3.05, 3.63) is 65.2 Å². The molecule has 0 atom stereocenters. The van der Waals surface area contributed by atoms with E-state index in [9.17, 15) is 24.3 Å². The number of hydrogen-bond acceptors (Lipinski definition) is 5. The van der Waals surface area contributed by atoms with Gasteiger partial charge in [0.25, 0.3) is 17.7 Å².